The molecule has 0 aromatic carbocycles. The molecular weight excluding hydrogens is 272 g/mol. The summed E-state index contributed by atoms with van der Waals surface area (Å²) < 4.78 is 31.6. The Morgan fingerprint density at radius 3 is 2.80 bits per heavy atom. The molecule has 0 bridgehead atoms. The number of likely N-dealkylation sites (N-methyl/N-ethyl adjacent to an activating group) is 1. The van der Waals surface area contributed by atoms with E-state index in [9.17, 15) is 13.6 Å². The van der Waals surface area contributed by atoms with E-state index >= 15 is 0 Å². The van der Waals surface area contributed by atoms with Crippen LogP contribution in [0.5, 0.6) is 0 Å². The van der Waals surface area contributed by atoms with Crippen LogP contribution in [-0.4, -0.2) is 44.7 Å². The highest BCUT2D eigenvalue weighted by Crippen LogP contribution is 2.20. The lowest BCUT2D eigenvalue weighted by molar-refractivity contribution is -0.119. The van der Waals surface area contributed by atoms with Crippen molar-refractivity contribution in [2.75, 3.05) is 44.2 Å². The second-order valence-electron chi connectivity index (χ2n) is 3.97. The molecule has 0 spiro atoms. The molecule has 1 rings (SSSR count). The quantitative estimate of drug-likeness (QED) is 0.367. The maximum absolute atomic E-state index is 13.6. The minimum atomic E-state index is -0.910. The van der Waals surface area contributed by atoms with Crippen molar-refractivity contribution in [3.8, 4) is 0 Å². The van der Waals surface area contributed by atoms with Gasteiger partial charge < -0.3 is 20.4 Å². The Morgan fingerprint density at radius 1 is 1.50 bits per heavy atom. The lowest BCUT2D eigenvalue weighted by atomic mass is 10.3. The smallest absolute Gasteiger partial charge is 0.239 e. The van der Waals surface area contributed by atoms with Gasteiger partial charge in [0.1, 0.15) is 0 Å². The summed E-state index contributed by atoms with van der Waals surface area (Å²) in [6.07, 6.45) is 0. The Balaban J connectivity index is 2.72. The van der Waals surface area contributed by atoms with Crippen molar-refractivity contribution in [2.24, 2.45) is 5.84 Å². The van der Waals surface area contributed by atoms with E-state index in [4.69, 9.17) is 10.6 Å². The number of methoxy groups -OCH3 is 1. The summed E-state index contributed by atoms with van der Waals surface area (Å²) in [4.78, 5) is 16.5. The van der Waals surface area contributed by atoms with E-state index in [1.54, 1.807) is 0 Å². The largest absolute Gasteiger partial charge is 0.383 e. The standard InChI is InChI=1S/C11H17F2N5O2/c1-18(6-9(19)15-3-4-20-2)11-8(13)5-7(12)10(16-11)17-14/h5H,3-4,6,14H2,1-2H3,(H,15,19)(H,16,17). The fourth-order valence-electron chi connectivity index (χ4n) is 1.46. The van der Waals surface area contributed by atoms with Crippen molar-refractivity contribution in [1.29, 1.82) is 0 Å². The molecule has 0 fully saturated rings. The molecule has 112 valence electrons. The number of hydrogen-bond acceptors (Lipinski definition) is 6. The highest BCUT2D eigenvalue weighted by molar-refractivity contribution is 5.80. The van der Waals surface area contributed by atoms with Gasteiger partial charge in [0.25, 0.3) is 0 Å². The third-order valence-electron chi connectivity index (χ3n) is 2.42. The number of carbonyl (C=O) groups excluding carboxylic acids is 1. The summed E-state index contributed by atoms with van der Waals surface area (Å²) in [5.41, 5.74) is 2.02. The first kappa shape index (κ1) is 16.1. The molecule has 20 heavy (non-hydrogen) atoms. The second-order valence-corrected chi connectivity index (χ2v) is 3.97. The number of nitrogen functional groups attached to an aromatic ring is 1. The first-order valence-corrected chi connectivity index (χ1v) is 5.79. The van der Waals surface area contributed by atoms with Crippen molar-refractivity contribution < 1.29 is 18.3 Å². The van der Waals surface area contributed by atoms with E-state index in [0.29, 0.717) is 19.2 Å². The number of halogens is 2. The maximum Gasteiger partial charge on any atom is 0.239 e. The molecule has 0 aliphatic rings. The SMILES string of the molecule is COCCNC(=O)CN(C)c1nc(NN)c(F)cc1F. The Bertz CT molecular complexity index is 472. The normalized spacial score (nSPS) is 10.2. The minimum Gasteiger partial charge on any atom is -0.383 e. The van der Waals surface area contributed by atoms with Crippen LogP contribution in [0.4, 0.5) is 20.4 Å². The van der Waals surface area contributed by atoms with Crippen LogP contribution in [0.2, 0.25) is 0 Å². The fraction of sp³-hybridized carbons (Fsp3) is 0.455. The van der Waals surface area contributed by atoms with Gasteiger partial charge in [0, 0.05) is 26.8 Å². The average Bonchev–Trinajstić information content (AvgIpc) is 2.39. The summed E-state index contributed by atoms with van der Waals surface area (Å²) in [5.74, 6) is 2.46. The van der Waals surface area contributed by atoms with Crippen molar-refractivity contribution in [1.82, 2.24) is 10.3 Å². The van der Waals surface area contributed by atoms with Gasteiger partial charge >= 0.3 is 0 Å². The van der Waals surface area contributed by atoms with Gasteiger partial charge in [-0.1, -0.05) is 0 Å². The summed E-state index contributed by atoms with van der Waals surface area (Å²) in [5, 5.41) is 2.57. The summed E-state index contributed by atoms with van der Waals surface area (Å²) >= 11 is 0. The number of ether oxygens (including phenoxy) is 1. The molecule has 0 radical (unpaired) electrons. The van der Waals surface area contributed by atoms with Crippen LogP contribution < -0.4 is 21.5 Å². The first-order valence-electron chi connectivity index (χ1n) is 5.79. The van der Waals surface area contributed by atoms with Gasteiger partial charge in [-0.3, -0.25) is 4.79 Å². The molecular formula is C11H17F2N5O2. The second kappa shape index (κ2) is 7.56. The number of carbonyl (C=O) groups is 1. The van der Waals surface area contributed by atoms with Gasteiger partial charge in [-0.15, -0.1) is 0 Å². The number of hydrazine groups is 1. The van der Waals surface area contributed by atoms with Crippen molar-refractivity contribution in [3.63, 3.8) is 0 Å². The summed E-state index contributed by atoms with van der Waals surface area (Å²) in [7, 11) is 2.97. The number of aromatic nitrogens is 1. The van der Waals surface area contributed by atoms with Crippen LogP contribution in [-0.2, 0) is 9.53 Å². The summed E-state index contributed by atoms with van der Waals surface area (Å²) in [6.45, 7) is 0.585. The van der Waals surface area contributed by atoms with Crippen LogP contribution in [0, 0.1) is 11.6 Å². The molecule has 0 aliphatic carbocycles. The number of amides is 1. The average molecular weight is 289 g/mol. The minimum absolute atomic E-state index is 0.136. The molecule has 4 N–H and O–H groups in total. The molecule has 1 heterocycles. The van der Waals surface area contributed by atoms with Crippen molar-refractivity contribution >= 4 is 17.5 Å². The van der Waals surface area contributed by atoms with E-state index in [1.807, 2.05) is 5.43 Å². The summed E-state index contributed by atoms with van der Waals surface area (Å²) in [6, 6.07) is 0.650. The molecule has 1 aromatic heterocycles. The van der Waals surface area contributed by atoms with E-state index in [-0.39, 0.29) is 24.1 Å². The zero-order chi connectivity index (χ0) is 15.1. The molecule has 7 nitrogen and oxygen atoms in total. The van der Waals surface area contributed by atoms with Crippen LogP contribution in [0.25, 0.3) is 0 Å². The Hall–Kier alpha value is -2.00. The number of pyridine rings is 1. The molecule has 0 saturated heterocycles. The third-order valence-corrected chi connectivity index (χ3v) is 2.42. The monoisotopic (exact) mass is 289 g/mol. The molecule has 0 unspecified atom stereocenters. The van der Waals surface area contributed by atoms with Gasteiger partial charge in [-0.25, -0.2) is 19.6 Å². The molecule has 9 heteroatoms. The fourth-order valence-corrected chi connectivity index (χ4v) is 1.46. The predicted octanol–water partition coefficient (Wildman–Crippen LogP) is -0.156. The lowest BCUT2D eigenvalue weighted by Gasteiger charge is -2.19. The molecule has 0 atom stereocenters. The van der Waals surface area contributed by atoms with Crippen LogP contribution in [0.3, 0.4) is 0 Å². The van der Waals surface area contributed by atoms with Crippen LogP contribution in [0.15, 0.2) is 6.07 Å². The number of nitrogens with two attached hydrogens (primary N) is 1. The lowest BCUT2D eigenvalue weighted by Crippen LogP contribution is -2.37. The number of nitrogens with one attached hydrogen (secondary N) is 2. The van der Waals surface area contributed by atoms with E-state index in [2.05, 4.69) is 10.3 Å². The topological polar surface area (TPSA) is 92.5 Å². The van der Waals surface area contributed by atoms with E-state index in [0.717, 1.165) is 0 Å². The number of anilines is 2. The highest BCUT2D eigenvalue weighted by atomic mass is 19.1. The Morgan fingerprint density at radius 2 is 2.20 bits per heavy atom. The molecule has 0 aliphatic heterocycles. The van der Waals surface area contributed by atoms with E-state index in [1.165, 1.54) is 19.1 Å². The van der Waals surface area contributed by atoms with Crippen LogP contribution in [0.1, 0.15) is 0 Å². The Labute approximate surface area is 115 Å². The van der Waals surface area contributed by atoms with Gasteiger partial charge in [-0.2, -0.15) is 0 Å². The van der Waals surface area contributed by atoms with Crippen LogP contribution >= 0.6 is 0 Å². The Kier molecular flexibility index (Phi) is 6.07. The third kappa shape index (κ3) is 4.28. The van der Waals surface area contributed by atoms with Gasteiger partial charge in [0.15, 0.2) is 23.3 Å². The van der Waals surface area contributed by atoms with Gasteiger partial charge in [0.2, 0.25) is 5.91 Å². The predicted molar refractivity (Wildman–Crippen MR) is 70.1 cm³/mol. The molecule has 1 aromatic rings. The highest BCUT2D eigenvalue weighted by Gasteiger charge is 2.16. The maximum atomic E-state index is 13.6. The van der Waals surface area contributed by atoms with Gasteiger partial charge in [0.05, 0.1) is 13.2 Å². The van der Waals surface area contributed by atoms with Crippen molar-refractivity contribution in [3.05, 3.63) is 17.7 Å². The first-order chi connectivity index (χ1) is 9.49. The number of nitrogens with zero attached hydrogens (tertiary/aromatic N) is 2. The van der Waals surface area contributed by atoms with E-state index < -0.39 is 11.6 Å². The number of hydrogen-bond donors (Lipinski definition) is 3. The number of rotatable bonds is 7. The van der Waals surface area contributed by atoms with Gasteiger partial charge in [-0.05, 0) is 0 Å². The zero-order valence-corrected chi connectivity index (χ0v) is 11.2. The van der Waals surface area contributed by atoms with Crippen molar-refractivity contribution in [2.45, 2.75) is 0 Å². The molecule has 0 saturated carbocycles. The zero-order valence-electron chi connectivity index (χ0n) is 11.2. The molecule has 1 amide bonds.